The summed E-state index contributed by atoms with van der Waals surface area (Å²) in [5.41, 5.74) is 4.66. The molecule has 0 aliphatic heterocycles. The van der Waals surface area contributed by atoms with Gasteiger partial charge in [0, 0.05) is 45.5 Å². The van der Waals surface area contributed by atoms with E-state index in [1.165, 1.54) is 0 Å². The molecule has 1 atom stereocenters. The summed E-state index contributed by atoms with van der Waals surface area (Å²) in [5.74, 6) is 0.00196. The zero-order chi connectivity index (χ0) is 21.4. The molecule has 0 spiro atoms. The van der Waals surface area contributed by atoms with Crippen molar-refractivity contribution in [3.05, 3.63) is 106 Å². The number of amides is 1. The number of H-pyrrole nitrogens is 1. The lowest BCUT2D eigenvalue weighted by Gasteiger charge is -2.19. The minimum absolute atomic E-state index is 0.113. The van der Waals surface area contributed by atoms with Crippen molar-refractivity contribution in [1.29, 1.82) is 0 Å². The lowest BCUT2D eigenvalue weighted by atomic mass is 9.90. The number of aromatic nitrogens is 1. The summed E-state index contributed by atoms with van der Waals surface area (Å²) >= 11 is 6.56. The molecule has 0 fully saturated rings. The second kappa shape index (κ2) is 7.97. The van der Waals surface area contributed by atoms with Crippen molar-refractivity contribution in [3.63, 3.8) is 0 Å². The minimum Gasteiger partial charge on any atom is -0.451 e. The second-order valence-electron chi connectivity index (χ2n) is 7.63. The van der Waals surface area contributed by atoms with Crippen LogP contribution in [-0.2, 0) is 0 Å². The highest BCUT2D eigenvalue weighted by Gasteiger charge is 2.23. The van der Waals surface area contributed by atoms with Crippen molar-refractivity contribution in [1.82, 2.24) is 10.3 Å². The summed E-state index contributed by atoms with van der Waals surface area (Å²) in [5, 5.41) is 5.81. The number of halogens is 1. The van der Waals surface area contributed by atoms with Crippen molar-refractivity contribution in [3.8, 4) is 0 Å². The van der Waals surface area contributed by atoms with Gasteiger partial charge in [-0.2, -0.15) is 0 Å². The number of aromatic amines is 1. The largest absolute Gasteiger partial charge is 0.451 e. The van der Waals surface area contributed by atoms with E-state index in [9.17, 15) is 4.79 Å². The molecule has 0 saturated carbocycles. The molecule has 0 aliphatic rings. The van der Waals surface area contributed by atoms with Crippen LogP contribution in [0.25, 0.3) is 21.9 Å². The van der Waals surface area contributed by atoms with Crippen LogP contribution in [0.4, 0.5) is 0 Å². The highest BCUT2D eigenvalue weighted by Crippen LogP contribution is 2.34. The monoisotopic (exact) mass is 428 g/mol. The Morgan fingerprint density at radius 1 is 0.968 bits per heavy atom. The van der Waals surface area contributed by atoms with E-state index in [2.05, 4.69) is 16.4 Å². The third kappa shape index (κ3) is 3.49. The first-order chi connectivity index (χ1) is 15.1. The summed E-state index contributed by atoms with van der Waals surface area (Å²) in [6.07, 6.45) is 2.00. The topological polar surface area (TPSA) is 58.0 Å². The Balaban J connectivity index is 1.50. The number of carbonyl (C=O) groups is 1. The number of furan rings is 1. The van der Waals surface area contributed by atoms with Crippen LogP contribution in [-0.4, -0.2) is 17.4 Å². The summed E-state index contributed by atoms with van der Waals surface area (Å²) in [7, 11) is 0. The van der Waals surface area contributed by atoms with Crippen LogP contribution in [0.5, 0.6) is 0 Å². The van der Waals surface area contributed by atoms with E-state index >= 15 is 0 Å². The van der Waals surface area contributed by atoms with Gasteiger partial charge in [0.1, 0.15) is 5.58 Å². The molecule has 0 radical (unpaired) electrons. The van der Waals surface area contributed by atoms with Crippen LogP contribution in [0, 0.1) is 6.92 Å². The van der Waals surface area contributed by atoms with E-state index < -0.39 is 0 Å². The average Bonchev–Trinajstić information content (AvgIpc) is 3.37. The zero-order valence-electron chi connectivity index (χ0n) is 17.0. The van der Waals surface area contributed by atoms with Gasteiger partial charge in [-0.05, 0) is 36.2 Å². The molecule has 0 unspecified atom stereocenters. The average molecular weight is 429 g/mol. The van der Waals surface area contributed by atoms with Gasteiger partial charge in [-0.25, -0.2) is 0 Å². The fourth-order valence-corrected chi connectivity index (χ4v) is 4.46. The van der Waals surface area contributed by atoms with Gasteiger partial charge in [0.25, 0.3) is 5.91 Å². The number of aryl methyl sites for hydroxylation is 1. The maximum absolute atomic E-state index is 13.0. The first-order valence-electron chi connectivity index (χ1n) is 10.2. The molecule has 2 N–H and O–H groups in total. The third-order valence-electron chi connectivity index (χ3n) is 5.79. The predicted octanol–water partition coefficient (Wildman–Crippen LogP) is 6.44. The molecule has 2 aromatic heterocycles. The Labute approximate surface area is 184 Å². The number of nitrogens with one attached hydrogen (secondary N) is 2. The first-order valence-corrected chi connectivity index (χ1v) is 10.6. The number of hydrogen-bond acceptors (Lipinski definition) is 2. The quantitative estimate of drug-likeness (QED) is 0.338. The minimum atomic E-state index is -0.231. The molecule has 154 valence electrons. The van der Waals surface area contributed by atoms with E-state index in [1.54, 1.807) is 0 Å². The van der Waals surface area contributed by atoms with E-state index in [-0.39, 0.29) is 11.8 Å². The molecule has 0 bridgehead atoms. The standard InChI is InChI=1S/C26H21ClN2O2/c1-16-17-8-4-7-13-24(17)31-25(16)26(30)29-15-20(18-9-2-5-11-22(18)27)21-14-28-23-12-6-3-10-19(21)23/h2-14,20,28H,15H2,1H3,(H,29,30)/t20-/m1/s1. The fraction of sp³-hybridized carbons (Fsp3) is 0.115. The van der Waals surface area contributed by atoms with Gasteiger partial charge >= 0.3 is 0 Å². The molecule has 0 aliphatic carbocycles. The van der Waals surface area contributed by atoms with Gasteiger partial charge in [0.05, 0.1) is 0 Å². The van der Waals surface area contributed by atoms with Crippen molar-refractivity contribution >= 4 is 39.4 Å². The molecular weight excluding hydrogens is 408 g/mol. The van der Waals surface area contributed by atoms with Gasteiger partial charge in [0.15, 0.2) is 5.76 Å². The van der Waals surface area contributed by atoms with Crippen LogP contribution in [0.1, 0.15) is 33.2 Å². The Kier molecular flexibility index (Phi) is 5.00. The zero-order valence-corrected chi connectivity index (χ0v) is 17.7. The summed E-state index contributed by atoms with van der Waals surface area (Å²) in [4.78, 5) is 16.4. The second-order valence-corrected chi connectivity index (χ2v) is 8.03. The number of rotatable bonds is 5. The molecule has 2 heterocycles. The lowest BCUT2D eigenvalue weighted by Crippen LogP contribution is -2.29. The lowest BCUT2D eigenvalue weighted by molar-refractivity contribution is 0.0926. The number of benzene rings is 3. The molecule has 0 saturated heterocycles. The Morgan fingerprint density at radius 2 is 1.68 bits per heavy atom. The number of carbonyl (C=O) groups excluding carboxylic acids is 1. The fourth-order valence-electron chi connectivity index (χ4n) is 4.19. The van der Waals surface area contributed by atoms with Gasteiger partial charge in [-0.1, -0.05) is 66.2 Å². The molecular formula is C26H21ClN2O2. The van der Waals surface area contributed by atoms with Crippen LogP contribution in [0.15, 0.2) is 83.4 Å². The molecule has 1 amide bonds. The molecule has 5 heteroatoms. The van der Waals surface area contributed by atoms with E-state index in [0.29, 0.717) is 22.9 Å². The van der Waals surface area contributed by atoms with E-state index in [1.807, 2.05) is 79.9 Å². The van der Waals surface area contributed by atoms with Crippen LogP contribution >= 0.6 is 11.6 Å². The highest BCUT2D eigenvalue weighted by atomic mass is 35.5. The predicted molar refractivity (Wildman–Crippen MR) is 125 cm³/mol. The summed E-state index contributed by atoms with van der Waals surface area (Å²) < 4.78 is 5.84. The van der Waals surface area contributed by atoms with Gasteiger partial charge in [-0.3, -0.25) is 4.79 Å². The maximum Gasteiger partial charge on any atom is 0.287 e. The normalized spacial score (nSPS) is 12.3. The van der Waals surface area contributed by atoms with Crippen molar-refractivity contribution < 1.29 is 9.21 Å². The number of hydrogen-bond donors (Lipinski definition) is 2. The van der Waals surface area contributed by atoms with Gasteiger partial charge in [0.2, 0.25) is 0 Å². The van der Waals surface area contributed by atoms with Crippen molar-refractivity contribution in [2.75, 3.05) is 6.54 Å². The van der Waals surface area contributed by atoms with Gasteiger partial charge in [-0.15, -0.1) is 0 Å². The Hall–Kier alpha value is -3.50. The van der Waals surface area contributed by atoms with Gasteiger partial charge < -0.3 is 14.7 Å². The third-order valence-corrected chi connectivity index (χ3v) is 6.14. The van der Waals surface area contributed by atoms with Crippen LogP contribution in [0.3, 0.4) is 0 Å². The molecule has 3 aromatic carbocycles. The molecule has 31 heavy (non-hydrogen) atoms. The summed E-state index contributed by atoms with van der Waals surface area (Å²) in [6.45, 7) is 2.30. The van der Waals surface area contributed by atoms with Crippen LogP contribution in [0.2, 0.25) is 5.02 Å². The first kappa shape index (κ1) is 19.5. The van der Waals surface area contributed by atoms with E-state index in [0.717, 1.165) is 33.0 Å². The van der Waals surface area contributed by atoms with Crippen LogP contribution < -0.4 is 5.32 Å². The molecule has 4 nitrogen and oxygen atoms in total. The maximum atomic E-state index is 13.0. The van der Waals surface area contributed by atoms with E-state index in [4.69, 9.17) is 16.0 Å². The van der Waals surface area contributed by atoms with Crippen molar-refractivity contribution in [2.45, 2.75) is 12.8 Å². The smallest absolute Gasteiger partial charge is 0.287 e. The Bertz CT molecular complexity index is 1400. The SMILES string of the molecule is Cc1c(C(=O)NC[C@H](c2ccccc2Cl)c2c[nH]c3ccccc23)oc2ccccc12. The van der Waals surface area contributed by atoms with Crippen molar-refractivity contribution in [2.24, 2.45) is 0 Å². The molecule has 5 aromatic rings. The number of para-hydroxylation sites is 2. The number of fused-ring (bicyclic) bond motifs is 2. The Morgan fingerprint density at radius 3 is 2.48 bits per heavy atom. The molecule has 5 rings (SSSR count). The summed E-state index contributed by atoms with van der Waals surface area (Å²) in [6, 6.07) is 23.6. The highest BCUT2D eigenvalue weighted by molar-refractivity contribution is 6.31.